The average molecular weight is 231 g/mol. The molecule has 1 aromatic carbocycles. The summed E-state index contributed by atoms with van der Waals surface area (Å²) in [6.07, 6.45) is 3.41. The van der Waals surface area contributed by atoms with Gasteiger partial charge in [0.25, 0.3) is 0 Å². The van der Waals surface area contributed by atoms with Crippen LogP contribution >= 0.6 is 0 Å². The number of benzene rings is 1. The Hall–Kier alpha value is -1.88. The predicted octanol–water partition coefficient (Wildman–Crippen LogP) is 1.35. The van der Waals surface area contributed by atoms with Gasteiger partial charge in [0.2, 0.25) is 0 Å². The van der Waals surface area contributed by atoms with Gasteiger partial charge in [-0.3, -0.25) is 0 Å². The van der Waals surface area contributed by atoms with Gasteiger partial charge in [-0.2, -0.15) is 5.10 Å². The Balaban J connectivity index is 1.89. The normalized spacial score (nSPS) is 18.1. The molecule has 0 aliphatic carbocycles. The zero-order chi connectivity index (χ0) is 11.7. The van der Waals surface area contributed by atoms with E-state index in [1.54, 1.807) is 11.0 Å². The highest BCUT2D eigenvalue weighted by atomic mass is 16.6. The molecule has 0 spiro atoms. The molecule has 1 saturated heterocycles. The molecular formula is C12H13N3O2. The summed E-state index contributed by atoms with van der Waals surface area (Å²) in [6, 6.07) is 6.00. The molecule has 1 aliphatic heterocycles. The number of rotatable bonds is 4. The second-order valence-corrected chi connectivity index (χ2v) is 4.08. The van der Waals surface area contributed by atoms with Gasteiger partial charge in [-0.05, 0) is 24.6 Å². The molecular weight excluding hydrogens is 218 g/mol. The number of epoxide rings is 1. The molecule has 0 saturated carbocycles. The molecule has 2 heterocycles. The van der Waals surface area contributed by atoms with Crippen molar-refractivity contribution < 1.29 is 9.47 Å². The molecule has 1 aromatic heterocycles. The van der Waals surface area contributed by atoms with E-state index in [9.17, 15) is 0 Å². The van der Waals surface area contributed by atoms with Crippen LogP contribution in [0, 0.1) is 6.92 Å². The first-order valence-electron chi connectivity index (χ1n) is 5.53. The molecule has 0 N–H and O–H groups in total. The number of hydrogen-bond donors (Lipinski definition) is 0. The standard InChI is InChI=1S/C12H13N3O2/c1-9-2-3-11(15-8-13-7-14-15)12(4-9)17-6-10-5-16-10/h2-4,7-8,10H,5-6H2,1H3/t10-/m0/s1. The van der Waals surface area contributed by atoms with E-state index in [1.165, 1.54) is 6.33 Å². The molecule has 1 aliphatic rings. The summed E-state index contributed by atoms with van der Waals surface area (Å²) < 4.78 is 12.6. The van der Waals surface area contributed by atoms with E-state index in [1.807, 2.05) is 25.1 Å². The van der Waals surface area contributed by atoms with Crippen molar-refractivity contribution in [2.45, 2.75) is 13.0 Å². The van der Waals surface area contributed by atoms with Crippen LogP contribution in [0.1, 0.15) is 5.56 Å². The van der Waals surface area contributed by atoms with Crippen molar-refractivity contribution in [3.05, 3.63) is 36.4 Å². The summed E-state index contributed by atoms with van der Waals surface area (Å²) in [5, 5.41) is 4.11. The van der Waals surface area contributed by atoms with Gasteiger partial charge in [0.1, 0.15) is 36.8 Å². The largest absolute Gasteiger partial charge is 0.489 e. The number of nitrogens with zero attached hydrogens (tertiary/aromatic N) is 3. The number of ether oxygens (including phenoxy) is 2. The van der Waals surface area contributed by atoms with E-state index in [2.05, 4.69) is 10.1 Å². The molecule has 5 nitrogen and oxygen atoms in total. The summed E-state index contributed by atoms with van der Waals surface area (Å²) in [5.41, 5.74) is 2.05. The van der Waals surface area contributed by atoms with Crippen LogP contribution in [0.5, 0.6) is 5.75 Å². The quantitative estimate of drug-likeness (QED) is 0.745. The maximum atomic E-state index is 5.75. The van der Waals surface area contributed by atoms with Crippen LogP contribution in [0.2, 0.25) is 0 Å². The molecule has 0 amide bonds. The minimum atomic E-state index is 0.249. The first kappa shape index (κ1) is 10.3. The van der Waals surface area contributed by atoms with Crippen LogP contribution < -0.4 is 4.74 Å². The monoisotopic (exact) mass is 231 g/mol. The molecule has 1 atom stereocenters. The van der Waals surface area contributed by atoms with Crippen LogP contribution in [-0.4, -0.2) is 34.1 Å². The van der Waals surface area contributed by atoms with Crippen molar-refractivity contribution in [2.24, 2.45) is 0 Å². The third kappa shape index (κ3) is 2.29. The van der Waals surface area contributed by atoms with Gasteiger partial charge in [0.15, 0.2) is 0 Å². The van der Waals surface area contributed by atoms with Crippen molar-refractivity contribution in [1.29, 1.82) is 0 Å². The Morgan fingerprint density at radius 3 is 3.12 bits per heavy atom. The summed E-state index contributed by atoms with van der Waals surface area (Å²) in [7, 11) is 0. The summed E-state index contributed by atoms with van der Waals surface area (Å²) in [6.45, 7) is 3.42. The van der Waals surface area contributed by atoms with Crippen molar-refractivity contribution in [2.75, 3.05) is 13.2 Å². The van der Waals surface area contributed by atoms with Gasteiger partial charge in [-0.15, -0.1) is 0 Å². The zero-order valence-electron chi connectivity index (χ0n) is 9.54. The molecule has 2 aromatic rings. The topological polar surface area (TPSA) is 52.5 Å². The van der Waals surface area contributed by atoms with Crippen LogP contribution in [0.4, 0.5) is 0 Å². The van der Waals surface area contributed by atoms with Gasteiger partial charge in [0.05, 0.1) is 6.61 Å². The van der Waals surface area contributed by atoms with Gasteiger partial charge in [-0.25, -0.2) is 9.67 Å². The lowest BCUT2D eigenvalue weighted by molar-refractivity contribution is 0.262. The number of hydrogen-bond acceptors (Lipinski definition) is 4. The van der Waals surface area contributed by atoms with E-state index in [0.29, 0.717) is 6.61 Å². The summed E-state index contributed by atoms with van der Waals surface area (Å²) >= 11 is 0. The van der Waals surface area contributed by atoms with E-state index in [4.69, 9.17) is 9.47 Å². The van der Waals surface area contributed by atoms with E-state index in [0.717, 1.165) is 23.6 Å². The molecule has 88 valence electrons. The van der Waals surface area contributed by atoms with Gasteiger partial charge >= 0.3 is 0 Å². The molecule has 5 heteroatoms. The smallest absolute Gasteiger partial charge is 0.145 e. The Kier molecular flexibility index (Phi) is 2.53. The van der Waals surface area contributed by atoms with Crippen LogP contribution in [0.3, 0.4) is 0 Å². The highest BCUT2D eigenvalue weighted by Gasteiger charge is 2.23. The Morgan fingerprint density at radius 2 is 2.41 bits per heavy atom. The lowest BCUT2D eigenvalue weighted by Gasteiger charge is -2.11. The molecule has 0 bridgehead atoms. The van der Waals surface area contributed by atoms with E-state index >= 15 is 0 Å². The van der Waals surface area contributed by atoms with Crippen LogP contribution in [0.15, 0.2) is 30.9 Å². The second-order valence-electron chi connectivity index (χ2n) is 4.08. The van der Waals surface area contributed by atoms with Crippen molar-refractivity contribution in [3.8, 4) is 11.4 Å². The van der Waals surface area contributed by atoms with Gasteiger partial charge < -0.3 is 9.47 Å². The fraction of sp³-hybridized carbons (Fsp3) is 0.333. The van der Waals surface area contributed by atoms with Crippen molar-refractivity contribution in [3.63, 3.8) is 0 Å². The SMILES string of the molecule is Cc1ccc(-n2cncn2)c(OC[C@@H]2CO2)c1. The van der Waals surface area contributed by atoms with Gasteiger partial charge in [-0.1, -0.05) is 6.07 Å². The summed E-state index contributed by atoms with van der Waals surface area (Å²) in [5.74, 6) is 0.811. The minimum absolute atomic E-state index is 0.249. The van der Waals surface area contributed by atoms with E-state index < -0.39 is 0 Å². The van der Waals surface area contributed by atoms with E-state index in [-0.39, 0.29) is 6.10 Å². The Morgan fingerprint density at radius 1 is 1.53 bits per heavy atom. The Labute approximate surface area is 99.0 Å². The minimum Gasteiger partial charge on any atom is -0.489 e. The van der Waals surface area contributed by atoms with Crippen LogP contribution in [-0.2, 0) is 4.74 Å². The van der Waals surface area contributed by atoms with Crippen molar-refractivity contribution >= 4 is 0 Å². The number of aryl methyl sites for hydroxylation is 1. The van der Waals surface area contributed by atoms with Gasteiger partial charge in [0, 0.05) is 0 Å². The predicted molar refractivity (Wildman–Crippen MR) is 61.3 cm³/mol. The lowest BCUT2D eigenvalue weighted by Crippen LogP contribution is -2.07. The number of aromatic nitrogens is 3. The fourth-order valence-electron chi connectivity index (χ4n) is 1.61. The molecule has 17 heavy (non-hydrogen) atoms. The third-order valence-electron chi connectivity index (χ3n) is 2.61. The first-order valence-corrected chi connectivity index (χ1v) is 5.53. The average Bonchev–Trinajstić information content (AvgIpc) is 3.00. The zero-order valence-corrected chi connectivity index (χ0v) is 9.54. The maximum Gasteiger partial charge on any atom is 0.145 e. The molecule has 0 unspecified atom stereocenters. The highest BCUT2D eigenvalue weighted by molar-refractivity contribution is 5.47. The fourth-order valence-corrected chi connectivity index (χ4v) is 1.61. The molecule has 0 radical (unpaired) electrons. The molecule has 1 fully saturated rings. The Bertz CT molecular complexity index is 506. The molecule has 3 rings (SSSR count). The van der Waals surface area contributed by atoms with Crippen molar-refractivity contribution in [1.82, 2.24) is 14.8 Å². The summed E-state index contributed by atoms with van der Waals surface area (Å²) in [4.78, 5) is 3.94. The first-order chi connectivity index (χ1) is 8.33. The third-order valence-corrected chi connectivity index (χ3v) is 2.61. The lowest BCUT2D eigenvalue weighted by atomic mass is 10.2. The highest BCUT2D eigenvalue weighted by Crippen LogP contribution is 2.24. The second kappa shape index (κ2) is 4.18. The van der Waals surface area contributed by atoms with Crippen LogP contribution in [0.25, 0.3) is 5.69 Å². The maximum absolute atomic E-state index is 5.75.